The number of hydrogen-bond donors (Lipinski definition) is 1. The van der Waals surface area contributed by atoms with Gasteiger partial charge in [-0.1, -0.05) is 37.3 Å². The average molecular weight is 347 g/mol. The van der Waals surface area contributed by atoms with Crippen LogP contribution in [0.15, 0.2) is 54.6 Å². The van der Waals surface area contributed by atoms with Crippen molar-refractivity contribution in [3.05, 3.63) is 77.1 Å². The summed E-state index contributed by atoms with van der Waals surface area (Å²) >= 11 is 0. The molecular formula is C21H21N3O2. The first-order valence-electron chi connectivity index (χ1n) is 8.59. The predicted molar refractivity (Wildman–Crippen MR) is 99.0 cm³/mol. The van der Waals surface area contributed by atoms with E-state index in [1.807, 2.05) is 68.4 Å². The number of hydrogen-bond acceptors (Lipinski definition) is 4. The molecule has 1 unspecified atom stereocenters. The maximum absolute atomic E-state index is 9.87. The first-order chi connectivity index (χ1) is 12.6. The molecule has 3 rings (SSSR count). The van der Waals surface area contributed by atoms with Gasteiger partial charge in [-0.3, -0.25) is 0 Å². The lowest BCUT2D eigenvalue weighted by Crippen LogP contribution is -2.07. The van der Waals surface area contributed by atoms with Gasteiger partial charge in [0, 0.05) is 0 Å². The number of benzene rings is 2. The van der Waals surface area contributed by atoms with Crippen LogP contribution in [0.3, 0.4) is 0 Å². The van der Waals surface area contributed by atoms with Crippen molar-refractivity contribution in [3.63, 3.8) is 0 Å². The minimum absolute atomic E-state index is 0.230. The van der Waals surface area contributed by atoms with Crippen molar-refractivity contribution in [3.8, 4) is 17.5 Å². The van der Waals surface area contributed by atoms with Crippen molar-refractivity contribution in [2.75, 3.05) is 0 Å². The largest absolute Gasteiger partial charge is 0.487 e. The van der Waals surface area contributed by atoms with Crippen molar-refractivity contribution < 1.29 is 9.84 Å². The Bertz CT molecular complexity index is 909. The Labute approximate surface area is 153 Å². The number of aliphatic hydroxyl groups is 1. The van der Waals surface area contributed by atoms with Crippen LogP contribution in [0.4, 0.5) is 0 Å². The minimum Gasteiger partial charge on any atom is -0.487 e. The third kappa shape index (κ3) is 3.61. The fraction of sp³-hybridized carbons (Fsp3) is 0.238. The Morgan fingerprint density at radius 2 is 1.85 bits per heavy atom. The van der Waals surface area contributed by atoms with Crippen molar-refractivity contribution in [2.24, 2.45) is 0 Å². The maximum Gasteiger partial charge on any atom is 0.132 e. The summed E-state index contributed by atoms with van der Waals surface area (Å²) in [6.45, 7) is 3.99. The molecule has 3 aromatic rings. The molecule has 0 amide bonds. The predicted octanol–water partition coefficient (Wildman–Crippen LogP) is 4.07. The zero-order valence-electron chi connectivity index (χ0n) is 14.9. The van der Waals surface area contributed by atoms with E-state index >= 15 is 0 Å². The van der Waals surface area contributed by atoms with Crippen LogP contribution in [0.2, 0.25) is 0 Å². The van der Waals surface area contributed by atoms with Crippen molar-refractivity contribution in [1.29, 1.82) is 5.26 Å². The molecule has 0 radical (unpaired) electrons. The van der Waals surface area contributed by atoms with Crippen LogP contribution in [-0.2, 0) is 6.61 Å². The lowest BCUT2D eigenvalue weighted by molar-refractivity contribution is 0.173. The molecule has 0 aliphatic heterocycles. The van der Waals surface area contributed by atoms with E-state index in [4.69, 9.17) is 4.74 Å². The number of ether oxygens (including phenoxy) is 1. The quantitative estimate of drug-likeness (QED) is 0.729. The van der Waals surface area contributed by atoms with Crippen LogP contribution in [0, 0.1) is 18.3 Å². The van der Waals surface area contributed by atoms with E-state index in [0.29, 0.717) is 29.1 Å². The Morgan fingerprint density at radius 1 is 1.15 bits per heavy atom. The molecule has 0 aliphatic rings. The molecule has 1 N–H and O–H groups in total. The van der Waals surface area contributed by atoms with Gasteiger partial charge in [0.1, 0.15) is 24.0 Å². The number of aryl methyl sites for hydroxylation is 1. The number of nitrogens with zero attached hydrogens (tertiary/aromatic N) is 3. The van der Waals surface area contributed by atoms with Gasteiger partial charge in [0.25, 0.3) is 0 Å². The average Bonchev–Trinajstić information content (AvgIpc) is 3.02. The van der Waals surface area contributed by atoms with Crippen LogP contribution in [-0.4, -0.2) is 14.9 Å². The SMILES string of the molecule is CCC(O)c1ccc(OCc2c(C#N)c(C)nn2-c2ccccc2)cc1. The smallest absolute Gasteiger partial charge is 0.132 e. The van der Waals surface area contributed by atoms with Crippen LogP contribution in [0.5, 0.6) is 5.75 Å². The van der Waals surface area contributed by atoms with Crippen molar-refractivity contribution in [2.45, 2.75) is 33.0 Å². The summed E-state index contributed by atoms with van der Waals surface area (Å²) < 4.78 is 7.64. The van der Waals surface area contributed by atoms with Crippen molar-refractivity contribution in [1.82, 2.24) is 9.78 Å². The highest BCUT2D eigenvalue weighted by Crippen LogP contribution is 2.23. The molecule has 1 atom stereocenters. The Balaban J connectivity index is 1.85. The zero-order valence-corrected chi connectivity index (χ0v) is 14.9. The molecule has 2 aromatic carbocycles. The molecule has 1 heterocycles. The molecule has 132 valence electrons. The van der Waals surface area contributed by atoms with Gasteiger partial charge in [0.15, 0.2) is 0 Å². The summed E-state index contributed by atoms with van der Waals surface area (Å²) in [4.78, 5) is 0. The normalized spacial score (nSPS) is 11.8. The third-order valence-corrected chi connectivity index (χ3v) is 4.30. The second-order valence-electron chi connectivity index (χ2n) is 6.05. The summed E-state index contributed by atoms with van der Waals surface area (Å²) in [7, 11) is 0. The van der Waals surface area contributed by atoms with Gasteiger partial charge in [-0.15, -0.1) is 0 Å². The van der Waals surface area contributed by atoms with E-state index in [2.05, 4.69) is 11.2 Å². The lowest BCUT2D eigenvalue weighted by atomic mass is 10.1. The molecule has 0 aliphatic carbocycles. The van der Waals surface area contributed by atoms with Gasteiger partial charge < -0.3 is 9.84 Å². The first-order valence-corrected chi connectivity index (χ1v) is 8.59. The standard InChI is InChI=1S/C21H21N3O2/c1-3-21(25)16-9-11-18(12-10-16)26-14-20-19(13-22)15(2)23-24(20)17-7-5-4-6-8-17/h4-12,21,25H,3,14H2,1-2H3. The van der Waals surface area contributed by atoms with E-state index < -0.39 is 6.10 Å². The molecule has 0 fully saturated rings. The lowest BCUT2D eigenvalue weighted by Gasteiger charge is -2.11. The van der Waals surface area contributed by atoms with E-state index in [1.54, 1.807) is 4.68 Å². The molecule has 0 bridgehead atoms. The van der Waals surface area contributed by atoms with Gasteiger partial charge in [-0.25, -0.2) is 4.68 Å². The zero-order chi connectivity index (χ0) is 18.5. The molecule has 0 saturated heterocycles. The summed E-state index contributed by atoms with van der Waals surface area (Å²) in [6, 6.07) is 19.3. The third-order valence-electron chi connectivity index (χ3n) is 4.30. The molecule has 0 saturated carbocycles. The summed E-state index contributed by atoms with van der Waals surface area (Å²) in [5.74, 6) is 0.680. The van der Waals surface area contributed by atoms with E-state index in [0.717, 1.165) is 11.3 Å². The monoisotopic (exact) mass is 347 g/mol. The first kappa shape index (κ1) is 17.7. The highest BCUT2D eigenvalue weighted by atomic mass is 16.5. The number of aliphatic hydroxyl groups excluding tert-OH is 1. The molecule has 0 spiro atoms. The molecule has 26 heavy (non-hydrogen) atoms. The van der Waals surface area contributed by atoms with Gasteiger partial charge >= 0.3 is 0 Å². The minimum atomic E-state index is -0.462. The summed E-state index contributed by atoms with van der Waals surface area (Å²) in [5.41, 5.74) is 3.68. The Kier molecular flexibility index (Phi) is 5.35. The molecule has 5 heteroatoms. The van der Waals surface area contributed by atoms with Gasteiger partial charge in [0.05, 0.1) is 23.2 Å². The Morgan fingerprint density at radius 3 is 2.46 bits per heavy atom. The Hall–Kier alpha value is -3.10. The van der Waals surface area contributed by atoms with Crippen LogP contribution >= 0.6 is 0 Å². The maximum atomic E-state index is 9.87. The van der Waals surface area contributed by atoms with E-state index in [1.165, 1.54) is 0 Å². The topological polar surface area (TPSA) is 71.1 Å². The fourth-order valence-electron chi connectivity index (χ4n) is 2.81. The van der Waals surface area contributed by atoms with Crippen molar-refractivity contribution >= 4 is 0 Å². The number of rotatable bonds is 6. The van der Waals surface area contributed by atoms with E-state index in [9.17, 15) is 10.4 Å². The van der Waals surface area contributed by atoms with Gasteiger partial charge in [-0.2, -0.15) is 10.4 Å². The van der Waals surface area contributed by atoms with Crippen LogP contribution in [0.1, 0.15) is 42.0 Å². The summed E-state index contributed by atoms with van der Waals surface area (Å²) in [5, 5.41) is 23.9. The van der Waals surface area contributed by atoms with E-state index in [-0.39, 0.29) is 6.61 Å². The number of aromatic nitrogens is 2. The molecular weight excluding hydrogens is 326 g/mol. The second-order valence-corrected chi connectivity index (χ2v) is 6.05. The number of para-hydroxylation sites is 1. The van der Waals surface area contributed by atoms with Gasteiger partial charge in [-0.05, 0) is 43.2 Å². The fourth-order valence-corrected chi connectivity index (χ4v) is 2.81. The molecule has 1 aromatic heterocycles. The highest BCUT2D eigenvalue weighted by molar-refractivity contribution is 5.43. The second kappa shape index (κ2) is 7.85. The summed E-state index contributed by atoms with van der Waals surface area (Å²) in [6.07, 6.45) is 0.206. The highest BCUT2D eigenvalue weighted by Gasteiger charge is 2.17. The number of nitriles is 1. The van der Waals surface area contributed by atoms with Crippen LogP contribution < -0.4 is 4.74 Å². The van der Waals surface area contributed by atoms with Gasteiger partial charge in [0.2, 0.25) is 0 Å². The molecule has 5 nitrogen and oxygen atoms in total. The van der Waals surface area contributed by atoms with Crippen LogP contribution in [0.25, 0.3) is 5.69 Å².